The number of primary sulfonamides is 1. The van der Waals surface area contributed by atoms with E-state index in [0.717, 1.165) is 5.56 Å². The summed E-state index contributed by atoms with van der Waals surface area (Å²) in [6.45, 7) is -0.0574. The van der Waals surface area contributed by atoms with E-state index < -0.39 is 15.9 Å². The first-order chi connectivity index (χ1) is 9.96. The average Bonchev–Trinajstić information content (AvgIpc) is 2.47. The van der Waals surface area contributed by atoms with E-state index in [-0.39, 0.29) is 17.9 Å². The maximum atomic E-state index is 11.8. The highest BCUT2D eigenvalue weighted by atomic mass is 32.2. The molecule has 0 saturated carbocycles. The van der Waals surface area contributed by atoms with Crippen molar-refractivity contribution in [3.8, 4) is 11.4 Å². The summed E-state index contributed by atoms with van der Waals surface area (Å²) < 4.78 is 21.5. The lowest BCUT2D eigenvalue weighted by Gasteiger charge is -2.04. The topological polar surface area (TPSA) is 115 Å². The highest BCUT2D eigenvalue weighted by molar-refractivity contribution is 7.89. The zero-order valence-corrected chi connectivity index (χ0v) is 11.9. The Bertz CT molecular complexity index is 715. The van der Waals surface area contributed by atoms with Crippen LogP contribution in [0.4, 0.5) is 0 Å². The van der Waals surface area contributed by atoms with Crippen molar-refractivity contribution in [1.29, 1.82) is 0 Å². The molecular formula is C13H14N4O3S. The van der Waals surface area contributed by atoms with Crippen LogP contribution in [0.25, 0.3) is 11.4 Å². The van der Waals surface area contributed by atoms with Gasteiger partial charge in [-0.15, -0.1) is 0 Å². The first-order valence-electron chi connectivity index (χ1n) is 6.12. The van der Waals surface area contributed by atoms with Crippen LogP contribution in [0.5, 0.6) is 0 Å². The van der Waals surface area contributed by atoms with Crippen molar-refractivity contribution in [3.63, 3.8) is 0 Å². The van der Waals surface area contributed by atoms with Gasteiger partial charge in [0.05, 0.1) is 11.3 Å². The molecule has 21 heavy (non-hydrogen) atoms. The minimum atomic E-state index is -3.59. The molecule has 0 atom stereocenters. The molecule has 0 saturated heterocycles. The Kier molecular flexibility index (Phi) is 4.61. The fraction of sp³-hybridized carbons (Fsp3) is 0.154. The number of sulfonamides is 1. The Hall–Kier alpha value is -2.32. The van der Waals surface area contributed by atoms with Crippen molar-refractivity contribution in [2.75, 3.05) is 12.3 Å². The molecule has 0 unspecified atom stereocenters. The van der Waals surface area contributed by atoms with Gasteiger partial charge in [0.25, 0.3) is 5.91 Å². The fourth-order valence-corrected chi connectivity index (χ4v) is 1.98. The average molecular weight is 306 g/mol. The summed E-state index contributed by atoms with van der Waals surface area (Å²) in [4.78, 5) is 20.0. The SMILES string of the molecule is NS(=O)(=O)CCNC(=O)c1cnc(-c2ccccc2)nc1. The van der Waals surface area contributed by atoms with Crippen molar-refractivity contribution in [2.24, 2.45) is 5.14 Å². The lowest BCUT2D eigenvalue weighted by Crippen LogP contribution is -2.31. The number of hydrogen-bond acceptors (Lipinski definition) is 5. The smallest absolute Gasteiger partial charge is 0.254 e. The number of rotatable bonds is 5. The molecule has 2 aromatic rings. The molecule has 0 aliphatic heterocycles. The van der Waals surface area contributed by atoms with Crippen LogP contribution in [-0.4, -0.2) is 36.6 Å². The van der Waals surface area contributed by atoms with Crippen LogP contribution < -0.4 is 10.5 Å². The van der Waals surface area contributed by atoms with Gasteiger partial charge in [-0.25, -0.2) is 23.5 Å². The zero-order valence-electron chi connectivity index (χ0n) is 11.1. The van der Waals surface area contributed by atoms with E-state index in [2.05, 4.69) is 15.3 Å². The van der Waals surface area contributed by atoms with Crippen LogP contribution in [0, 0.1) is 0 Å². The van der Waals surface area contributed by atoms with Gasteiger partial charge in [-0.2, -0.15) is 0 Å². The lowest BCUT2D eigenvalue weighted by molar-refractivity contribution is 0.0955. The highest BCUT2D eigenvalue weighted by Gasteiger charge is 2.09. The predicted octanol–water partition coefficient (Wildman–Crippen LogP) is 0.162. The largest absolute Gasteiger partial charge is 0.351 e. The zero-order chi connectivity index (χ0) is 15.3. The minimum absolute atomic E-state index is 0.0574. The molecule has 0 aliphatic rings. The van der Waals surface area contributed by atoms with Crippen molar-refractivity contribution >= 4 is 15.9 Å². The summed E-state index contributed by atoms with van der Waals surface area (Å²) in [5.41, 5.74) is 1.10. The van der Waals surface area contributed by atoms with Crippen molar-refractivity contribution in [3.05, 3.63) is 48.3 Å². The number of carbonyl (C=O) groups is 1. The van der Waals surface area contributed by atoms with Gasteiger partial charge in [-0.1, -0.05) is 30.3 Å². The summed E-state index contributed by atoms with van der Waals surface area (Å²) in [6, 6.07) is 9.35. The van der Waals surface area contributed by atoms with E-state index in [4.69, 9.17) is 5.14 Å². The molecular weight excluding hydrogens is 292 g/mol. The van der Waals surface area contributed by atoms with Gasteiger partial charge >= 0.3 is 0 Å². The van der Waals surface area contributed by atoms with E-state index in [0.29, 0.717) is 5.82 Å². The Labute approximate surface area is 122 Å². The monoisotopic (exact) mass is 306 g/mol. The number of benzene rings is 1. The lowest BCUT2D eigenvalue weighted by atomic mass is 10.2. The Morgan fingerprint density at radius 3 is 2.33 bits per heavy atom. The number of hydrogen-bond donors (Lipinski definition) is 2. The van der Waals surface area contributed by atoms with Crippen LogP contribution in [0.15, 0.2) is 42.7 Å². The normalized spacial score (nSPS) is 11.1. The van der Waals surface area contributed by atoms with Crippen LogP contribution >= 0.6 is 0 Å². The summed E-state index contributed by atoms with van der Waals surface area (Å²) in [5.74, 6) is -0.253. The number of nitrogens with one attached hydrogen (secondary N) is 1. The second-order valence-electron chi connectivity index (χ2n) is 4.28. The second kappa shape index (κ2) is 6.42. The minimum Gasteiger partial charge on any atom is -0.351 e. The number of aromatic nitrogens is 2. The molecule has 1 heterocycles. The quantitative estimate of drug-likeness (QED) is 0.816. The van der Waals surface area contributed by atoms with E-state index in [1.54, 1.807) is 0 Å². The molecule has 7 nitrogen and oxygen atoms in total. The van der Waals surface area contributed by atoms with Gasteiger partial charge in [0.1, 0.15) is 0 Å². The molecule has 0 bridgehead atoms. The third-order valence-electron chi connectivity index (χ3n) is 2.62. The summed E-state index contributed by atoms with van der Waals surface area (Å²) >= 11 is 0. The van der Waals surface area contributed by atoms with Crippen LogP contribution in [0.1, 0.15) is 10.4 Å². The number of carbonyl (C=O) groups excluding carboxylic acids is 1. The fourth-order valence-electron chi connectivity index (χ4n) is 1.59. The Balaban J connectivity index is 2.00. The molecule has 8 heteroatoms. The molecule has 1 aromatic carbocycles. The summed E-state index contributed by atoms with van der Waals surface area (Å²) in [6.07, 6.45) is 2.78. The first-order valence-corrected chi connectivity index (χ1v) is 7.83. The Morgan fingerprint density at radius 1 is 1.14 bits per heavy atom. The predicted molar refractivity (Wildman–Crippen MR) is 77.8 cm³/mol. The standard InChI is InChI=1S/C13H14N4O3S/c14-21(19,20)7-6-15-13(18)11-8-16-12(17-9-11)10-4-2-1-3-5-10/h1-5,8-9H,6-7H2,(H,15,18)(H2,14,19,20). The second-order valence-corrected chi connectivity index (χ2v) is 6.02. The maximum absolute atomic E-state index is 11.8. The van der Waals surface area contributed by atoms with Gasteiger partial charge < -0.3 is 5.32 Å². The van der Waals surface area contributed by atoms with Crippen LogP contribution in [0.2, 0.25) is 0 Å². The maximum Gasteiger partial charge on any atom is 0.254 e. The van der Waals surface area contributed by atoms with Crippen LogP contribution in [0.3, 0.4) is 0 Å². The molecule has 2 rings (SSSR count). The van der Waals surface area contributed by atoms with Crippen LogP contribution in [-0.2, 0) is 10.0 Å². The molecule has 0 fully saturated rings. The molecule has 0 spiro atoms. The van der Waals surface area contributed by atoms with Crippen molar-refractivity contribution in [1.82, 2.24) is 15.3 Å². The molecule has 0 aliphatic carbocycles. The van der Waals surface area contributed by atoms with E-state index in [1.807, 2.05) is 30.3 Å². The molecule has 1 aromatic heterocycles. The van der Waals surface area contributed by atoms with Gasteiger partial charge in [0, 0.05) is 24.5 Å². The third-order valence-corrected chi connectivity index (χ3v) is 3.39. The summed E-state index contributed by atoms with van der Waals surface area (Å²) in [7, 11) is -3.59. The number of amides is 1. The van der Waals surface area contributed by atoms with Gasteiger partial charge in [-0.3, -0.25) is 4.79 Å². The van der Waals surface area contributed by atoms with E-state index in [1.165, 1.54) is 12.4 Å². The van der Waals surface area contributed by atoms with Gasteiger partial charge in [0.2, 0.25) is 10.0 Å². The van der Waals surface area contributed by atoms with Crippen molar-refractivity contribution in [2.45, 2.75) is 0 Å². The van der Waals surface area contributed by atoms with E-state index >= 15 is 0 Å². The molecule has 110 valence electrons. The third kappa shape index (κ3) is 4.62. The van der Waals surface area contributed by atoms with Crippen molar-refractivity contribution < 1.29 is 13.2 Å². The molecule has 1 amide bonds. The van der Waals surface area contributed by atoms with Gasteiger partial charge in [0.15, 0.2) is 5.82 Å². The number of nitrogens with zero attached hydrogens (tertiary/aromatic N) is 2. The number of nitrogens with two attached hydrogens (primary N) is 1. The van der Waals surface area contributed by atoms with E-state index in [9.17, 15) is 13.2 Å². The first kappa shape index (κ1) is 15.1. The summed E-state index contributed by atoms with van der Waals surface area (Å²) in [5, 5.41) is 7.28. The Morgan fingerprint density at radius 2 is 1.76 bits per heavy atom. The van der Waals surface area contributed by atoms with Gasteiger partial charge in [-0.05, 0) is 0 Å². The molecule has 3 N–H and O–H groups in total. The highest BCUT2D eigenvalue weighted by Crippen LogP contribution is 2.12. The molecule has 0 radical (unpaired) electrons.